The molecular formula is C11H16ClNO. The first-order chi connectivity index (χ1) is 6.20. The SMILES string of the molecule is C[C@H](N)[C@@H](O)/C=C/c1ccccc1.Cl. The summed E-state index contributed by atoms with van der Waals surface area (Å²) in [6, 6.07) is 9.60. The molecule has 0 aromatic heterocycles. The molecule has 0 aliphatic heterocycles. The first-order valence-corrected chi connectivity index (χ1v) is 4.37. The van der Waals surface area contributed by atoms with Gasteiger partial charge in [-0.1, -0.05) is 42.5 Å². The molecule has 3 heteroatoms. The van der Waals surface area contributed by atoms with Crippen molar-refractivity contribution in [3.63, 3.8) is 0 Å². The van der Waals surface area contributed by atoms with Crippen LogP contribution >= 0.6 is 12.4 Å². The standard InChI is InChI=1S/C11H15NO.ClH/c1-9(12)11(13)8-7-10-5-3-2-4-6-10;/h2-9,11,13H,12H2,1H3;1H/b8-7+;/t9-,11-;/m0./s1. The van der Waals surface area contributed by atoms with Crippen molar-refractivity contribution >= 4 is 18.5 Å². The maximum absolute atomic E-state index is 9.38. The smallest absolute Gasteiger partial charge is 0.0872 e. The molecule has 0 saturated heterocycles. The summed E-state index contributed by atoms with van der Waals surface area (Å²) in [5.74, 6) is 0. The van der Waals surface area contributed by atoms with Crippen molar-refractivity contribution in [3.05, 3.63) is 42.0 Å². The van der Waals surface area contributed by atoms with E-state index in [1.807, 2.05) is 36.4 Å². The summed E-state index contributed by atoms with van der Waals surface area (Å²) in [6.07, 6.45) is 3.01. The van der Waals surface area contributed by atoms with Gasteiger partial charge >= 0.3 is 0 Å². The highest BCUT2D eigenvalue weighted by Gasteiger charge is 2.03. The van der Waals surface area contributed by atoms with Crippen LogP contribution in [0.4, 0.5) is 0 Å². The maximum Gasteiger partial charge on any atom is 0.0872 e. The number of aliphatic hydroxyl groups is 1. The lowest BCUT2D eigenvalue weighted by atomic mass is 10.1. The summed E-state index contributed by atoms with van der Waals surface area (Å²) in [4.78, 5) is 0. The number of nitrogens with two attached hydrogens (primary N) is 1. The molecule has 1 aromatic rings. The van der Waals surface area contributed by atoms with E-state index in [2.05, 4.69) is 0 Å². The summed E-state index contributed by atoms with van der Waals surface area (Å²) in [6.45, 7) is 1.78. The summed E-state index contributed by atoms with van der Waals surface area (Å²) in [5, 5.41) is 9.38. The molecule has 2 nitrogen and oxygen atoms in total. The maximum atomic E-state index is 9.38. The molecule has 14 heavy (non-hydrogen) atoms. The van der Waals surface area contributed by atoms with Gasteiger partial charge in [-0.3, -0.25) is 0 Å². The van der Waals surface area contributed by atoms with Crippen LogP contribution in [0.2, 0.25) is 0 Å². The van der Waals surface area contributed by atoms with Crippen LogP contribution in [0, 0.1) is 0 Å². The van der Waals surface area contributed by atoms with Crippen LogP contribution in [-0.4, -0.2) is 17.3 Å². The summed E-state index contributed by atoms with van der Waals surface area (Å²) < 4.78 is 0. The predicted molar refractivity (Wildman–Crippen MR) is 62.4 cm³/mol. The number of halogens is 1. The van der Waals surface area contributed by atoms with Gasteiger partial charge in [0.05, 0.1) is 6.10 Å². The second-order valence-corrected chi connectivity index (χ2v) is 3.12. The van der Waals surface area contributed by atoms with Crippen molar-refractivity contribution in [2.45, 2.75) is 19.1 Å². The van der Waals surface area contributed by atoms with Crippen molar-refractivity contribution in [2.24, 2.45) is 5.73 Å². The number of rotatable bonds is 3. The van der Waals surface area contributed by atoms with Crippen molar-refractivity contribution in [1.29, 1.82) is 0 Å². The molecule has 0 unspecified atom stereocenters. The van der Waals surface area contributed by atoms with Gasteiger partial charge in [0.2, 0.25) is 0 Å². The third kappa shape index (κ3) is 4.42. The van der Waals surface area contributed by atoms with Gasteiger partial charge in [-0.15, -0.1) is 12.4 Å². The third-order valence-corrected chi connectivity index (χ3v) is 1.82. The lowest BCUT2D eigenvalue weighted by molar-refractivity contribution is 0.199. The Bertz CT molecular complexity index is 272. The Kier molecular flexibility index (Phi) is 6.21. The second-order valence-electron chi connectivity index (χ2n) is 3.12. The molecule has 0 fully saturated rings. The highest BCUT2D eigenvalue weighted by Crippen LogP contribution is 2.02. The molecule has 0 aliphatic carbocycles. The largest absolute Gasteiger partial charge is 0.387 e. The molecule has 1 rings (SSSR count). The minimum absolute atomic E-state index is 0. The van der Waals surface area contributed by atoms with Crippen LogP contribution in [0.1, 0.15) is 12.5 Å². The van der Waals surface area contributed by atoms with Crippen LogP contribution in [0.5, 0.6) is 0 Å². The van der Waals surface area contributed by atoms with E-state index in [0.717, 1.165) is 5.56 Å². The zero-order chi connectivity index (χ0) is 9.68. The monoisotopic (exact) mass is 213 g/mol. The molecule has 1 aromatic carbocycles. The molecular weight excluding hydrogens is 198 g/mol. The van der Waals surface area contributed by atoms with Gasteiger partial charge in [0.25, 0.3) is 0 Å². The van der Waals surface area contributed by atoms with E-state index < -0.39 is 6.10 Å². The summed E-state index contributed by atoms with van der Waals surface area (Å²) >= 11 is 0. The van der Waals surface area contributed by atoms with Crippen molar-refractivity contribution in [1.82, 2.24) is 0 Å². The number of benzene rings is 1. The van der Waals surface area contributed by atoms with E-state index in [4.69, 9.17) is 5.73 Å². The van der Waals surface area contributed by atoms with Crippen molar-refractivity contribution < 1.29 is 5.11 Å². The Labute approximate surface area is 90.9 Å². The highest BCUT2D eigenvalue weighted by atomic mass is 35.5. The van der Waals surface area contributed by atoms with Crippen LogP contribution in [0.3, 0.4) is 0 Å². The van der Waals surface area contributed by atoms with Gasteiger partial charge in [-0.25, -0.2) is 0 Å². The Morgan fingerprint density at radius 1 is 1.29 bits per heavy atom. The first-order valence-electron chi connectivity index (χ1n) is 4.37. The van der Waals surface area contributed by atoms with Gasteiger partial charge in [0, 0.05) is 6.04 Å². The molecule has 3 N–H and O–H groups in total. The van der Waals surface area contributed by atoms with Crippen LogP contribution in [-0.2, 0) is 0 Å². The molecule has 0 spiro atoms. The third-order valence-electron chi connectivity index (χ3n) is 1.82. The summed E-state index contributed by atoms with van der Waals surface area (Å²) in [7, 11) is 0. The van der Waals surface area contributed by atoms with E-state index in [1.54, 1.807) is 13.0 Å². The zero-order valence-corrected chi connectivity index (χ0v) is 8.95. The molecule has 0 heterocycles. The minimum Gasteiger partial charge on any atom is -0.387 e. The van der Waals surface area contributed by atoms with Gasteiger partial charge in [-0.05, 0) is 12.5 Å². The normalized spacial score (nSPS) is 14.8. The molecule has 2 atom stereocenters. The summed E-state index contributed by atoms with van der Waals surface area (Å²) in [5.41, 5.74) is 6.57. The molecule has 0 radical (unpaired) electrons. The Morgan fingerprint density at radius 3 is 2.36 bits per heavy atom. The molecule has 0 saturated carbocycles. The molecule has 0 aliphatic rings. The fourth-order valence-electron chi connectivity index (χ4n) is 0.949. The molecule has 0 bridgehead atoms. The van der Waals surface area contributed by atoms with E-state index in [0.29, 0.717) is 0 Å². The topological polar surface area (TPSA) is 46.2 Å². The predicted octanol–water partition coefficient (Wildman–Crippen LogP) is 1.83. The number of hydrogen-bond acceptors (Lipinski definition) is 2. The molecule has 0 amide bonds. The number of aliphatic hydroxyl groups excluding tert-OH is 1. The first kappa shape index (κ1) is 13.2. The highest BCUT2D eigenvalue weighted by molar-refractivity contribution is 5.85. The average Bonchev–Trinajstić information content (AvgIpc) is 2.15. The Morgan fingerprint density at radius 2 is 1.86 bits per heavy atom. The van der Waals surface area contributed by atoms with Gasteiger partial charge in [0.1, 0.15) is 0 Å². The van der Waals surface area contributed by atoms with E-state index >= 15 is 0 Å². The fourth-order valence-corrected chi connectivity index (χ4v) is 0.949. The lowest BCUT2D eigenvalue weighted by Gasteiger charge is -2.08. The average molecular weight is 214 g/mol. The number of hydrogen-bond donors (Lipinski definition) is 2. The van der Waals surface area contributed by atoms with Crippen LogP contribution in [0.15, 0.2) is 36.4 Å². The van der Waals surface area contributed by atoms with Crippen molar-refractivity contribution in [2.75, 3.05) is 0 Å². The van der Waals surface area contributed by atoms with Gasteiger partial charge in [-0.2, -0.15) is 0 Å². The Balaban J connectivity index is 0.00000169. The second kappa shape index (κ2) is 6.60. The van der Waals surface area contributed by atoms with E-state index in [1.165, 1.54) is 0 Å². The Hall–Kier alpha value is -0.830. The van der Waals surface area contributed by atoms with E-state index in [9.17, 15) is 5.11 Å². The minimum atomic E-state index is -0.569. The van der Waals surface area contributed by atoms with Gasteiger partial charge in [0.15, 0.2) is 0 Å². The quantitative estimate of drug-likeness (QED) is 0.805. The fraction of sp³-hybridized carbons (Fsp3) is 0.273. The molecule has 78 valence electrons. The lowest BCUT2D eigenvalue weighted by Crippen LogP contribution is -2.29. The van der Waals surface area contributed by atoms with Gasteiger partial charge < -0.3 is 10.8 Å². The van der Waals surface area contributed by atoms with Crippen LogP contribution < -0.4 is 5.73 Å². The van der Waals surface area contributed by atoms with E-state index in [-0.39, 0.29) is 18.4 Å². The van der Waals surface area contributed by atoms with Crippen molar-refractivity contribution in [3.8, 4) is 0 Å². The zero-order valence-electron chi connectivity index (χ0n) is 8.13. The van der Waals surface area contributed by atoms with Crippen LogP contribution in [0.25, 0.3) is 6.08 Å².